The van der Waals surface area contributed by atoms with Crippen LogP contribution < -0.4 is 11.5 Å². The number of hydrogen-bond acceptors (Lipinski definition) is 3. The summed E-state index contributed by atoms with van der Waals surface area (Å²) in [7, 11) is 0. The standard InChI is InChI=1S/C13H15N3/c1-9-6-11(4-5-16-9)12-7-10(8-14)2-3-13(12)15/h2-7H,8,14-15H2,1H3. The molecule has 3 nitrogen and oxygen atoms in total. The zero-order chi connectivity index (χ0) is 11.5. The number of benzene rings is 1. The summed E-state index contributed by atoms with van der Waals surface area (Å²) in [5, 5.41) is 0. The van der Waals surface area contributed by atoms with Gasteiger partial charge in [-0.15, -0.1) is 0 Å². The Hall–Kier alpha value is -1.87. The van der Waals surface area contributed by atoms with Crippen LogP contribution in [0.25, 0.3) is 11.1 Å². The molecule has 0 saturated carbocycles. The zero-order valence-electron chi connectivity index (χ0n) is 9.27. The van der Waals surface area contributed by atoms with Gasteiger partial charge in [0.1, 0.15) is 0 Å². The molecule has 0 aliphatic rings. The SMILES string of the molecule is Cc1cc(-c2cc(CN)ccc2N)ccn1. The van der Waals surface area contributed by atoms with Crippen LogP contribution in [-0.4, -0.2) is 4.98 Å². The van der Waals surface area contributed by atoms with E-state index in [1.54, 1.807) is 6.20 Å². The number of nitrogens with zero attached hydrogens (tertiary/aromatic N) is 1. The first-order chi connectivity index (χ1) is 7.70. The van der Waals surface area contributed by atoms with Crippen molar-refractivity contribution < 1.29 is 0 Å². The summed E-state index contributed by atoms with van der Waals surface area (Å²) in [6.45, 7) is 2.49. The summed E-state index contributed by atoms with van der Waals surface area (Å²) in [6.07, 6.45) is 1.79. The van der Waals surface area contributed by atoms with E-state index in [1.165, 1.54) is 0 Å². The lowest BCUT2D eigenvalue weighted by Gasteiger charge is -2.08. The van der Waals surface area contributed by atoms with E-state index in [0.717, 1.165) is 28.1 Å². The highest BCUT2D eigenvalue weighted by Crippen LogP contribution is 2.26. The molecule has 0 radical (unpaired) electrons. The third-order valence-electron chi connectivity index (χ3n) is 2.56. The number of rotatable bonds is 2. The minimum atomic E-state index is 0.525. The van der Waals surface area contributed by atoms with E-state index >= 15 is 0 Å². The van der Waals surface area contributed by atoms with Crippen LogP contribution in [0.5, 0.6) is 0 Å². The molecule has 0 unspecified atom stereocenters. The van der Waals surface area contributed by atoms with Gasteiger partial charge in [-0.1, -0.05) is 6.07 Å². The average molecular weight is 213 g/mol. The Bertz CT molecular complexity index is 506. The molecule has 0 aliphatic carbocycles. The molecule has 0 aliphatic heterocycles. The van der Waals surface area contributed by atoms with E-state index in [4.69, 9.17) is 11.5 Å². The maximum atomic E-state index is 5.97. The van der Waals surface area contributed by atoms with Crippen molar-refractivity contribution in [2.45, 2.75) is 13.5 Å². The van der Waals surface area contributed by atoms with Gasteiger partial charge < -0.3 is 11.5 Å². The van der Waals surface area contributed by atoms with E-state index in [-0.39, 0.29) is 0 Å². The molecular formula is C13H15N3. The summed E-state index contributed by atoms with van der Waals surface area (Å²) in [4.78, 5) is 4.17. The molecule has 82 valence electrons. The van der Waals surface area contributed by atoms with Crippen molar-refractivity contribution in [3.8, 4) is 11.1 Å². The van der Waals surface area contributed by atoms with Gasteiger partial charge in [0.05, 0.1) is 0 Å². The monoisotopic (exact) mass is 213 g/mol. The lowest BCUT2D eigenvalue weighted by Crippen LogP contribution is -1.98. The van der Waals surface area contributed by atoms with Crippen molar-refractivity contribution >= 4 is 5.69 Å². The summed E-state index contributed by atoms with van der Waals surface area (Å²) < 4.78 is 0. The van der Waals surface area contributed by atoms with E-state index in [9.17, 15) is 0 Å². The van der Waals surface area contributed by atoms with Gasteiger partial charge in [-0.2, -0.15) is 0 Å². The molecule has 0 fully saturated rings. The topological polar surface area (TPSA) is 64.9 Å². The van der Waals surface area contributed by atoms with Crippen LogP contribution in [-0.2, 0) is 6.54 Å². The number of anilines is 1. The predicted octanol–water partition coefficient (Wildman–Crippen LogP) is 2.10. The Morgan fingerprint density at radius 3 is 2.69 bits per heavy atom. The van der Waals surface area contributed by atoms with Gasteiger partial charge in [0.25, 0.3) is 0 Å². The molecule has 0 bridgehead atoms. The van der Waals surface area contributed by atoms with Crippen LogP contribution in [0.15, 0.2) is 36.5 Å². The predicted molar refractivity (Wildman–Crippen MR) is 66.7 cm³/mol. The Morgan fingerprint density at radius 2 is 2.00 bits per heavy atom. The molecule has 0 atom stereocenters. The summed E-state index contributed by atoms with van der Waals surface area (Å²) in [5.41, 5.74) is 16.5. The van der Waals surface area contributed by atoms with Gasteiger partial charge in [0, 0.05) is 29.7 Å². The molecule has 0 spiro atoms. The minimum absolute atomic E-state index is 0.525. The number of nitrogens with two attached hydrogens (primary N) is 2. The lowest BCUT2D eigenvalue weighted by atomic mass is 10.0. The Morgan fingerprint density at radius 1 is 1.19 bits per heavy atom. The lowest BCUT2D eigenvalue weighted by molar-refractivity contribution is 1.07. The molecule has 4 N–H and O–H groups in total. The van der Waals surface area contributed by atoms with Gasteiger partial charge in [0.15, 0.2) is 0 Å². The molecule has 0 amide bonds. The minimum Gasteiger partial charge on any atom is -0.398 e. The highest BCUT2D eigenvalue weighted by molar-refractivity contribution is 5.76. The molecule has 1 aromatic heterocycles. The maximum absolute atomic E-state index is 5.97. The van der Waals surface area contributed by atoms with Gasteiger partial charge in [-0.3, -0.25) is 4.98 Å². The molecule has 2 rings (SSSR count). The Labute approximate surface area is 95.1 Å². The van der Waals surface area contributed by atoms with Gasteiger partial charge in [0.2, 0.25) is 0 Å². The highest BCUT2D eigenvalue weighted by atomic mass is 14.6. The van der Waals surface area contributed by atoms with E-state index in [0.29, 0.717) is 6.54 Å². The number of aromatic nitrogens is 1. The fourth-order valence-corrected chi connectivity index (χ4v) is 1.69. The van der Waals surface area contributed by atoms with Crippen LogP contribution in [0.2, 0.25) is 0 Å². The van der Waals surface area contributed by atoms with Crippen molar-refractivity contribution in [1.82, 2.24) is 4.98 Å². The van der Waals surface area contributed by atoms with Crippen molar-refractivity contribution in [3.05, 3.63) is 47.8 Å². The smallest absolute Gasteiger partial charge is 0.0393 e. The van der Waals surface area contributed by atoms with Crippen LogP contribution in [0, 0.1) is 6.92 Å². The average Bonchev–Trinajstić information content (AvgIpc) is 2.30. The van der Waals surface area contributed by atoms with Gasteiger partial charge >= 0.3 is 0 Å². The van der Waals surface area contributed by atoms with Crippen molar-refractivity contribution in [2.75, 3.05) is 5.73 Å². The number of nitrogen functional groups attached to an aromatic ring is 1. The molecule has 16 heavy (non-hydrogen) atoms. The fraction of sp³-hybridized carbons (Fsp3) is 0.154. The van der Waals surface area contributed by atoms with Crippen LogP contribution in [0.4, 0.5) is 5.69 Å². The molecule has 1 heterocycles. The summed E-state index contributed by atoms with van der Waals surface area (Å²) >= 11 is 0. The van der Waals surface area contributed by atoms with E-state index in [2.05, 4.69) is 4.98 Å². The van der Waals surface area contributed by atoms with Crippen molar-refractivity contribution in [1.29, 1.82) is 0 Å². The van der Waals surface area contributed by atoms with E-state index < -0.39 is 0 Å². The Kier molecular flexibility index (Phi) is 2.88. The highest BCUT2D eigenvalue weighted by Gasteiger charge is 2.04. The fourth-order valence-electron chi connectivity index (χ4n) is 1.69. The quantitative estimate of drug-likeness (QED) is 0.751. The van der Waals surface area contributed by atoms with Crippen molar-refractivity contribution in [3.63, 3.8) is 0 Å². The first kappa shape index (κ1) is 10.6. The van der Waals surface area contributed by atoms with Crippen LogP contribution in [0.3, 0.4) is 0 Å². The number of hydrogen-bond donors (Lipinski definition) is 2. The molecule has 3 heteroatoms. The van der Waals surface area contributed by atoms with Gasteiger partial charge in [-0.25, -0.2) is 0 Å². The second kappa shape index (κ2) is 4.33. The third-order valence-corrected chi connectivity index (χ3v) is 2.56. The van der Waals surface area contributed by atoms with Crippen molar-refractivity contribution in [2.24, 2.45) is 5.73 Å². The second-order valence-corrected chi connectivity index (χ2v) is 3.81. The molecule has 1 aromatic carbocycles. The van der Waals surface area contributed by atoms with Crippen LogP contribution in [0.1, 0.15) is 11.3 Å². The maximum Gasteiger partial charge on any atom is 0.0393 e. The second-order valence-electron chi connectivity index (χ2n) is 3.81. The van der Waals surface area contributed by atoms with Gasteiger partial charge in [-0.05, 0) is 42.3 Å². The first-order valence-electron chi connectivity index (χ1n) is 5.22. The zero-order valence-corrected chi connectivity index (χ0v) is 9.27. The largest absolute Gasteiger partial charge is 0.398 e. The summed E-state index contributed by atoms with van der Waals surface area (Å²) in [6, 6.07) is 9.86. The first-order valence-corrected chi connectivity index (χ1v) is 5.22. The Balaban J connectivity index is 2.54. The number of pyridine rings is 1. The molecule has 2 aromatic rings. The molecule has 0 saturated heterocycles. The normalized spacial score (nSPS) is 10.4. The number of aryl methyl sites for hydroxylation is 1. The summed E-state index contributed by atoms with van der Waals surface area (Å²) in [5.74, 6) is 0. The van der Waals surface area contributed by atoms with E-state index in [1.807, 2.05) is 37.3 Å². The molecular weight excluding hydrogens is 198 g/mol. The third kappa shape index (κ3) is 2.04. The van der Waals surface area contributed by atoms with Crippen LogP contribution >= 0.6 is 0 Å².